The van der Waals surface area contributed by atoms with E-state index in [1.54, 1.807) is 11.0 Å². The first-order valence-electron chi connectivity index (χ1n) is 7.04. The molecule has 1 aromatic heterocycles. The predicted octanol–water partition coefficient (Wildman–Crippen LogP) is 2.49. The number of morpholine rings is 1. The average molecular weight is 337 g/mol. The van der Waals surface area contributed by atoms with Crippen molar-refractivity contribution in [2.75, 3.05) is 31.6 Å². The maximum atomic E-state index is 13.2. The molecule has 2 heterocycles. The highest BCUT2D eigenvalue weighted by atomic mass is 35.5. The van der Waals surface area contributed by atoms with E-state index in [1.165, 1.54) is 24.5 Å². The maximum absolute atomic E-state index is 13.2. The molecule has 0 radical (unpaired) electrons. The minimum Gasteiger partial charge on any atom is -0.378 e. The normalized spacial score (nSPS) is 14.6. The Morgan fingerprint density at radius 2 is 2.04 bits per heavy atom. The number of amides is 1. The highest BCUT2D eigenvalue weighted by Gasteiger charge is 2.20. The number of halogens is 2. The second-order valence-corrected chi connectivity index (χ2v) is 5.35. The van der Waals surface area contributed by atoms with Gasteiger partial charge in [0, 0.05) is 24.8 Å². The summed E-state index contributed by atoms with van der Waals surface area (Å²) in [5, 5.41) is 2.98. The number of hydrogen-bond acceptors (Lipinski definition) is 5. The van der Waals surface area contributed by atoms with Gasteiger partial charge in [-0.1, -0.05) is 11.6 Å². The fraction of sp³-hybridized carbons (Fsp3) is 0.267. The van der Waals surface area contributed by atoms with Gasteiger partial charge in [0.15, 0.2) is 0 Å². The fourth-order valence-electron chi connectivity index (χ4n) is 2.19. The van der Waals surface area contributed by atoms with Gasteiger partial charge in [0.2, 0.25) is 0 Å². The van der Waals surface area contributed by atoms with Crippen molar-refractivity contribution >= 4 is 29.0 Å². The molecule has 23 heavy (non-hydrogen) atoms. The lowest BCUT2D eigenvalue weighted by molar-refractivity contribution is 0.0299. The first kappa shape index (κ1) is 15.6. The summed E-state index contributed by atoms with van der Waals surface area (Å²) in [6.45, 7) is 2.13. The Morgan fingerprint density at radius 1 is 1.26 bits per heavy atom. The van der Waals surface area contributed by atoms with Gasteiger partial charge in [-0.05, 0) is 18.2 Å². The number of carbonyl (C=O) groups excluding carboxylic acids is 1. The van der Waals surface area contributed by atoms with Crippen LogP contribution >= 0.6 is 11.6 Å². The molecule has 2 aromatic rings. The van der Waals surface area contributed by atoms with E-state index < -0.39 is 5.82 Å². The van der Waals surface area contributed by atoms with Gasteiger partial charge in [-0.3, -0.25) is 4.79 Å². The molecule has 0 unspecified atom stereocenters. The lowest BCUT2D eigenvalue weighted by Gasteiger charge is -2.26. The maximum Gasteiger partial charge on any atom is 0.272 e. The summed E-state index contributed by atoms with van der Waals surface area (Å²) in [6, 6.07) is 5.79. The Bertz CT molecular complexity index is 722. The van der Waals surface area contributed by atoms with E-state index >= 15 is 0 Å². The zero-order valence-corrected chi connectivity index (χ0v) is 12.9. The van der Waals surface area contributed by atoms with Crippen molar-refractivity contribution < 1.29 is 13.9 Å². The molecule has 1 amide bonds. The topological polar surface area (TPSA) is 67.4 Å². The van der Waals surface area contributed by atoms with Gasteiger partial charge in [0.05, 0.1) is 18.2 Å². The number of carbonyl (C=O) groups is 1. The molecule has 0 spiro atoms. The molecule has 1 aliphatic heterocycles. The van der Waals surface area contributed by atoms with Crippen LogP contribution in [0.15, 0.2) is 30.6 Å². The van der Waals surface area contributed by atoms with E-state index in [1.807, 2.05) is 0 Å². The molecule has 0 bridgehead atoms. The van der Waals surface area contributed by atoms with E-state index in [2.05, 4.69) is 15.3 Å². The van der Waals surface area contributed by atoms with Crippen molar-refractivity contribution in [3.63, 3.8) is 0 Å². The summed E-state index contributed by atoms with van der Waals surface area (Å²) in [5.41, 5.74) is 0.859. The zero-order chi connectivity index (χ0) is 16.2. The smallest absolute Gasteiger partial charge is 0.272 e. The molecule has 1 fully saturated rings. The molecule has 120 valence electrons. The van der Waals surface area contributed by atoms with Crippen LogP contribution in [0.2, 0.25) is 5.02 Å². The minimum atomic E-state index is -0.497. The number of rotatable bonds is 3. The summed E-state index contributed by atoms with van der Waals surface area (Å²) in [7, 11) is 0. The van der Waals surface area contributed by atoms with Gasteiger partial charge in [0.25, 0.3) is 5.91 Å². The molecular formula is C15H14ClFN4O2. The predicted molar refractivity (Wildman–Crippen MR) is 83.4 cm³/mol. The number of ether oxygens (including phenoxy) is 1. The third-order valence-corrected chi connectivity index (χ3v) is 3.67. The summed E-state index contributed by atoms with van der Waals surface area (Å²) >= 11 is 5.74. The van der Waals surface area contributed by atoms with Crippen molar-refractivity contribution in [3.8, 4) is 0 Å². The standard InChI is InChI=1S/C15H14ClFN4O2/c16-11-7-10(1-2-12(11)17)20-14-8-13(18-9-19-14)15(22)21-3-5-23-6-4-21/h1-2,7-9H,3-6H2,(H,18,19,20). The van der Waals surface area contributed by atoms with Crippen molar-refractivity contribution in [1.82, 2.24) is 14.9 Å². The van der Waals surface area contributed by atoms with Crippen LogP contribution < -0.4 is 5.32 Å². The molecular weight excluding hydrogens is 323 g/mol. The third-order valence-electron chi connectivity index (χ3n) is 3.38. The number of hydrogen-bond donors (Lipinski definition) is 1. The van der Waals surface area contributed by atoms with Gasteiger partial charge >= 0.3 is 0 Å². The van der Waals surface area contributed by atoms with E-state index in [0.29, 0.717) is 37.8 Å². The van der Waals surface area contributed by atoms with E-state index in [9.17, 15) is 9.18 Å². The first-order valence-corrected chi connectivity index (χ1v) is 7.42. The monoisotopic (exact) mass is 336 g/mol. The Labute approximate surface area is 137 Å². The lowest BCUT2D eigenvalue weighted by atomic mass is 10.3. The Morgan fingerprint density at radius 3 is 2.78 bits per heavy atom. The third kappa shape index (κ3) is 3.75. The van der Waals surface area contributed by atoms with Crippen LogP contribution in [0.5, 0.6) is 0 Å². The quantitative estimate of drug-likeness (QED) is 0.932. The van der Waals surface area contributed by atoms with Crippen molar-refractivity contribution in [3.05, 3.63) is 47.1 Å². The second-order valence-electron chi connectivity index (χ2n) is 4.95. The minimum absolute atomic E-state index is 0.00803. The molecule has 1 aliphatic rings. The van der Waals surface area contributed by atoms with Crippen LogP contribution in [0.25, 0.3) is 0 Å². The van der Waals surface area contributed by atoms with Gasteiger partial charge in [-0.2, -0.15) is 0 Å². The Hall–Kier alpha value is -2.25. The largest absolute Gasteiger partial charge is 0.378 e. The molecule has 1 saturated heterocycles. The second kappa shape index (κ2) is 6.89. The molecule has 3 rings (SSSR count). The van der Waals surface area contributed by atoms with Crippen molar-refractivity contribution in [2.45, 2.75) is 0 Å². The first-order chi connectivity index (χ1) is 11.1. The zero-order valence-electron chi connectivity index (χ0n) is 12.1. The number of benzene rings is 1. The Kier molecular flexibility index (Phi) is 4.68. The van der Waals surface area contributed by atoms with Gasteiger partial charge in [0.1, 0.15) is 23.7 Å². The number of anilines is 2. The molecule has 1 N–H and O–H groups in total. The molecule has 6 nitrogen and oxygen atoms in total. The fourth-order valence-corrected chi connectivity index (χ4v) is 2.37. The SMILES string of the molecule is O=C(c1cc(Nc2ccc(F)c(Cl)c2)ncn1)N1CCOCC1. The van der Waals surface area contributed by atoms with Crippen molar-refractivity contribution in [1.29, 1.82) is 0 Å². The van der Waals surface area contributed by atoms with E-state index in [0.717, 1.165) is 0 Å². The number of nitrogens with one attached hydrogen (secondary N) is 1. The lowest BCUT2D eigenvalue weighted by Crippen LogP contribution is -2.41. The van der Waals surface area contributed by atoms with Crippen LogP contribution in [0.4, 0.5) is 15.9 Å². The summed E-state index contributed by atoms with van der Waals surface area (Å²) < 4.78 is 18.4. The highest BCUT2D eigenvalue weighted by molar-refractivity contribution is 6.31. The van der Waals surface area contributed by atoms with Crippen LogP contribution in [0, 0.1) is 5.82 Å². The molecule has 0 saturated carbocycles. The molecule has 1 aromatic carbocycles. The van der Waals surface area contributed by atoms with Crippen LogP contribution in [0.1, 0.15) is 10.5 Å². The molecule has 0 atom stereocenters. The number of nitrogens with zero attached hydrogens (tertiary/aromatic N) is 3. The number of aromatic nitrogens is 2. The van der Waals surface area contributed by atoms with Crippen LogP contribution in [-0.4, -0.2) is 47.1 Å². The molecule has 8 heteroatoms. The average Bonchev–Trinajstić information content (AvgIpc) is 2.58. The Balaban J connectivity index is 1.76. The summed E-state index contributed by atoms with van der Waals surface area (Å²) in [4.78, 5) is 22.1. The van der Waals surface area contributed by atoms with Crippen molar-refractivity contribution in [2.24, 2.45) is 0 Å². The van der Waals surface area contributed by atoms with Crippen LogP contribution in [-0.2, 0) is 4.74 Å². The van der Waals surface area contributed by atoms with Crippen LogP contribution in [0.3, 0.4) is 0 Å². The molecule has 0 aliphatic carbocycles. The summed E-state index contributed by atoms with van der Waals surface area (Å²) in [5.74, 6) is -0.238. The van der Waals surface area contributed by atoms with Gasteiger partial charge in [-0.15, -0.1) is 0 Å². The highest BCUT2D eigenvalue weighted by Crippen LogP contribution is 2.22. The van der Waals surface area contributed by atoms with Gasteiger partial charge < -0.3 is 15.0 Å². The van der Waals surface area contributed by atoms with Gasteiger partial charge in [-0.25, -0.2) is 14.4 Å². The summed E-state index contributed by atoms with van der Waals surface area (Å²) in [6.07, 6.45) is 1.31. The van der Waals surface area contributed by atoms with E-state index in [4.69, 9.17) is 16.3 Å². The van der Waals surface area contributed by atoms with E-state index in [-0.39, 0.29) is 16.6 Å².